The zero-order valence-electron chi connectivity index (χ0n) is 29.1. The normalized spacial score (nSPS) is 17.5. The average Bonchev–Trinajstić information content (AvgIpc) is 3.80. The van der Waals surface area contributed by atoms with E-state index < -0.39 is 11.6 Å². The molecule has 1 aliphatic carbocycles. The molecule has 3 atom stereocenters. The van der Waals surface area contributed by atoms with E-state index in [2.05, 4.69) is 105 Å². The van der Waals surface area contributed by atoms with Crippen molar-refractivity contribution in [1.29, 1.82) is 0 Å². The molecule has 48 heavy (non-hydrogen) atoms. The van der Waals surface area contributed by atoms with Gasteiger partial charge in [-0.1, -0.05) is 100 Å². The summed E-state index contributed by atoms with van der Waals surface area (Å²) in [6.07, 6.45) is 12.3. The monoisotopic (exact) mass is 650 g/mol. The first-order chi connectivity index (χ1) is 23.3. The molecule has 0 bridgehead atoms. The standard InChI is InChI=1S/C41H50N2O5/c1-6-10-30(3)26-41(4,28-45-5)48-29-47-40(44)27-46-37-23-19-35(20-24-37)39-25-38(42-43(39)36-21-13-31(7-2)14-22-36)34-17-15-33(16-18-34)32-11-8-9-12-32/h8-9,11,13-24,30,39H,6-7,10,12,25-29H2,1-5H3. The van der Waals surface area contributed by atoms with Crippen LogP contribution in [0.4, 0.5) is 5.69 Å². The van der Waals surface area contributed by atoms with Crippen molar-refractivity contribution in [3.8, 4) is 5.75 Å². The molecule has 5 rings (SSSR count). The Morgan fingerprint density at radius 3 is 2.38 bits per heavy atom. The first kappa shape index (κ1) is 35.1. The maximum absolute atomic E-state index is 12.5. The van der Waals surface area contributed by atoms with Gasteiger partial charge < -0.3 is 18.9 Å². The number of ether oxygens (including phenoxy) is 4. The zero-order valence-corrected chi connectivity index (χ0v) is 29.1. The van der Waals surface area contributed by atoms with Gasteiger partial charge in [-0.05, 0) is 84.2 Å². The minimum atomic E-state index is -0.523. The summed E-state index contributed by atoms with van der Waals surface area (Å²) in [5, 5.41) is 7.27. The Morgan fingerprint density at radius 1 is 1.00 bits per heavy atom. The van der Waals surface area contributed by atoms with Crippen LogP contribution < -0.4 is 9.75 Å². The predicted molar refractivity (Wildman–Crippen MR) is 193 cm³/mol. The van der Waals surface area contributed by atoms with Crippen molar-refractivity contribution in [1.82, 2.24) is 0 Å². The Hall–Kier alpha value is -4.20. The summed E-state index contributed by atoms with van der Waals surface area (Å²) < 4.78 is 22.5. The highest BCUT2D eigenvalue weighted by atomic mass is 16.7. The van der Waals surface area contributed by atoms with Crippen molar-refractivity contribution in [2.24, 2.45) is 11.0 Å². The summed E-state index contributed by atoms with van der Waals surface area (Å²) >= 11 is 0. The van der Waals surface area contributed by atoms with Crippen LogP contribution in [0, 0.1) is 5.92 Å². The fraction of sp³-hybridized carbons (Fsp3) is 0.415. The number of allylic oxidation sites excluding steroid dienone is 4. The Bertz CT molecular complexity index is 1580. The molecule has 0 saturated carbocycles. The first-order valence-corrected chi connectivity index (χ1v) is 17.2. The Labute approximate surface area is 286 Å². The lowest BCUT2D eigenvalue weighted by Gasteiger charge is -2.31. The number of aryl methyl sites for hydroxylation is 1. The van der Waals surface area contributed by atoms with Crippen LogP contribution >= 0.6 is 0 Å². The number of carbonyl (C=O) groups is 1. The molecule has 0 spiro atoms. The van der Waals surface area contributed by atoms with E-state index >= 15 is 0 Å². The second kappa shape index (κ2) is 16.8. The molecule has 0 saturated heterocycles. The molecule has 7 nitrogen and oxygen atoms in total. The van der Waals surface area contributed by atoms with E-state index in [1.54, 1.807) is 7.11 Å². The number of benzene rings is 3. The number of rotatable bonds is 17. The fourth-order valence-corrected chi connectivity index (χ4v) is 6.61. The van der Waals surface area contributed by atoms with Crippen molar-refractivity contribution in [2.75, 3.05) is 32.1 Å². The summed E-state index contributed by atoms with van der Waals surface area (Å²) in [7, 11) is 1.66. The van der Waals surface area contributed by atoms with Gasteiger partial charge in [-0.15, -0.1) is 0 Å². The molecular weight excluding hydrogens is 600 g/mol. The third-order valence-corrected chi connectivity index (χ3v) is 9.14. The van der Waals surface area contributed by atoms with Crippen molar-refractivity contribution in [3.05, 3.63) is 113 Å². The second-order valence-electron chi connectivity index (χ2n) is 13.1. The first-order valence-electron chi connectivity index (χ1n) is 17.2. The topological polar surface area (TPSA) is 69.6 Å². The van der Waals surface area contributed by atoms with E-state index in [9.17, 15) is 4.79 Å². The van der Waals surface area contributed by atoms with Gasteiger partial charge in [-0.3, -0.25) is 5.01 Å². The summed E-state index contributed by atoms with van der Waals surface area (Å²) in [6.45, 7) is 8.63. The zero-order chi connectivity index (χ0) is 33.9. The van der Waals surface area contributed by atoms with Crippen molar-refractivity contribution in [3.63, 3.8) is 0 Å². The highest BCUT2D eigenvalue weighted by Gasteiger charge is 2.31. The maximum atomic E-state index is 12.5. The minimum Gasteiger partial charge on any atom is -0.482 e. The van der Waals surface area contributed by atoms with E-state index in [4.69, 9.17) is 24.0 Å². The summed E-state index contributed by atoms with van der Waals surface area (Å²) in [6, 6.07) is 25.3. The summed E-state index contributed by atoms with van der Waals surface area (Å²) in [4.78, 5) is 12.5. The molecule has 1 heterocycles. The number of nitrogens with zero attached hydrogens (tertiary/aromatic N) is 2. The number of methoxy groups -OCH3 is 1. The molecule has 0 N–H and O–H groups in total. The van der Waals surface area contributed by atoms with Gasteiger partial charge in [0.2, 0.25) is 0 Å². The van der Waals surface area contributed by atoms with Crippen LogP contribution in [0.2, 0.25) is 0 Å². The van der Waals surface area contributed by atoms with Gasteiger partial charge >= 0.3 is 5.97 Å². The minimum absolute atomic E-state index is 0.0199. The number of carbonyl (C=O) groups excluding carboxylic acids is 1. The molecule has 3 unspecified atom stereocenters. The van der Waals surface area contributed by atoms with Crippen molar-refractivity contribution < 1.29 is 23.7 Å². The summed E-state index contributed by atoms with van der Waals surface area (Å²) in [5.41, 5.74) is 7.71. The highest BCUT2D eigenvalue weighted by molar-refractivity contribution is 6.03. The SMILES string of the molecule is CCCC(C)CC(C)(COC)OCOC(=O)COc1ccc(C2CC(c3ccc(C4=CC=CC4)cc3)=NN2c2ccc(CC)cc2)cc1. The number of hydrazone groups is 1. The van der Waals surface area contributed by atoms with Crippen molar-refractivity contribution in [2.45, 2.75) is 77.9 Å². The van der Waals surface area contributed by atoms with E-state index in [1.807, 2.05) is 19.1 Å². The number of anilines is 1. The van der Waals surface area contributed by atoms with Crippen LogP contribution in [-0.4, -0.2) is 44.4 Å². The molecule has 3 aromatic rings. The molecule has 254 valence electrons. The van der Waals surface area contributed by atoms with Crippen LogP contribution in [0.15, 0.2) is 96.1 Å². The van der Waals surface area contributed by atoms with Gasteiger partial charge in [0, 0.05) is 13.5 Å². The van der Waals surface area contributed by atoms with Crippen LogP contribution in [0.5, 0.6) is 5.75 Å². The third-order valence-electron chi connectivity index (χ3n) is 9.14. The lowest BCUT2D eigenvalue weighted by molar-refractivity contribution is -0.182. The number of esters is 1. The van der Waals surface area contributed by atoms with Gasteiger partial charge in [0.25, 0.3) is 0 Å². The smallest absolute Gasteiger partial charge is 0.346 e. The average molecular weight is 651 g/mol. The van der Waals surface area contributed by atoms with Crippen LogP contribution in [-0.2, 0) is 25.4 Å². The molecule has 2 aliphatic rings. The molecule has 3 aromatic carbocycles. The molecule has 7 heteroatoms. The highest BCUT2D eigenvalue weighted by Crippen LogP contribution is 2.38. The second-order valence-corrected chi connectivity index (χ2v) is 13.1. The number of hydrogen-bond acceptors (Lipinski definition) is 7. The lowest BCUT2D eigenvalue weighted by atomic mass is 9.91. The van der Waals surface area contributed by atoms with Gasteiger partial charge in [-0.25, -0.2) is 4.79 Å². The van der Waals surface area contributed by atoms with Crippen LogP contribution in [0.25, 0.3) is 5.57 Å². The largest absolute Gasteiger partial charge is 0.482 e. The predicted octanol–water partition coefficient (Wildman–Crippen LogP) is 9.08. The molecule has 0 radical (unpaired) electrons. The summed E-state index contributed by atoms with van der Waals surface area (Å²) in [5.74, 6) is 0.595. The molecular formula is C41H50N2O5. The number of hydrogen-bond donors (Lipinski definition) is 0. The van der Waals surface area contributed by atoms with E-state index in [-0.39, 0.29) is 19.4 Å². The molecule has 0 amide bonds. The maximum Gasteiger partial charge on any atom is 0.346 e. The lowest BCUT2D eigenvalue weighted by Crippen LogP contribution is -2.37. The van der Waals surface area contributed by atoms with E-state index in [1.165, 1.54) is 16.7 Å². The molecule has 0 fully saturated rings. The van der Waals surface area contributed by atoms with Gasteiger partial charge in [0.1, 0.15) is 5.75 Å². The van der Waals surface area contributed by atoms with Crippen LogP contribution in [0.1, 0.15) is 88.1 Å². The molecule has 0 aromatic heterocycles. The Morgan fingerprint density at radius 2 is 1.73 bits per heavy atom. The van der Waals surface area contributed by atoms with E-state index in [0.29, 0.717) is 18.3 Å². The Balaban J connectivity index is 1.20. The van der Waals surface area contributed by atoms with Crippen LogP contribution in [0.3, 0.4) is 0 Å². The third kappa shape index (κ3) is 9.24. The van der Waals surface area contributed by atoms with Crippen molar-refractivity contribution >= 4 is 22.9 Å². The molecule has 1 aliphatic heterocycles. The fourth-order valence-electron chi connectivity index (χ4n) is 6.61. The van der Waals surface area contributed by atoms with Gasteiger partial charge in [-0.2, -0.15) is 5.10 Å². The Kier molecular flexibility index (Phi) is 12.3. The van der Waals surface area contributed by atoms with E-state index in [0.717, 1.165) is 61.1 Å². The van der Waals surface area contributed by atoms with Gasteiger partial charge in [0.05, 0.1) is 29.6 Å². The quantitative estimate of drug-likeness (QED) is 0.107. The van der Waals surface area contributed by atoms with Gasteiger partial charge in [0.15, 0.2) is 13.4 Å².